The molecule has 0 saturated carbocycles. The molecule has 0 spiro atoms. The summed E-state index contributed by atoms with van der Waals surface area (Å²) in [6, 6.07) is 0. The van der Waals surface area contributed by atoms with E-state index in [0.29, 0.717) is 11.2 Å². The molecule has 2 aromatic heterocycles. The van der Waals surface area contributed by atoms with Gasteiger partial charge < -0.3 is 4.57 Å². The summed E-state index contributed by atoms with van der Waals surface area (Å²) in [4.78, 5) is 24.5. The Morgan fingerprint density at radius 1 is 1.19 bits per heavy atom. The van der Waals surface area contributed by atoms with Gasteiger partial charge in [-0.2, -0.15) is 4.98 Å². The van der Waals surface area contributed by atoms with E-state index in [1.807, 2.05) is 18.4 Å². The molecule has 2 aromatic rings. The normalized spacial score (nSPS) is 14.4. The van der Waals surface area contributed by atoms with Gasteiger partial charge in [0, 0.05) is 12.3 Å². The molecule has 0 unspecified atom stereocenters. The topological polar surface area (TPSA) is 60.7 Å². The monoisotopic (exact) mass is 234 g/mol. The first-order chi connectivity index (χ1) is 7.66. The molecular weight excluding hydrogens is 224 g/mol. The summed E-state index contributed by atoms with van der Waals surface area (Å²) in [6.45, 7) is 4.61. The SMILES string of the molecule is Cc1nc2c(=O)nc3n(c2nc1C)CCS3. The molecule has 16 heavy (non-hydrogen) atoms. The van der Waals surface area contributed by atoms with Crippen LogP contribution in [0.4, 0.5) is 0 Å². The molecule has 0 radical (unpaired) electrons. The van der Waals surface area contributed by atoms with Crippen molar-refractivity contribution in [3.8, 4) is 0 Å². The molecule has 82 valence electrons. The fourth-order valence-corrected chi connectivity index (χ4v) is 2.69. The Hall–Kier alpha value is -1.43. The van der Waals surface area contributed by atoms with Crippen LogP contribution >= 0.6 is 11.8 Å². The first-order valence-electron chi connectivity index (χ1n) is 5.05. The van der Waals surface area contributed by atoms with Gasteiger partial charge in [-0.15, -0.1) is 0 Å². The van der Waals surface area contributed by atoms with Gasteiger partial charge in [0.15, 0.2) is 16.3 Å². The number of rotatable bonds is 0. The lowest BCUT2D eigenvalue weighted by molar-refractivity contribution is 0.695. The third-order valence-corrected chi connectivity index (χ3v) is 3.68. The lowest BCUT2D eigenvalue weighted by atomic mass is 10.3. The molecule has 0 bridgehead atoms. The summed E-state index contributed by atoms with van der Waals surface area (Å²) in [5.41, 5.74) is 2.44. The molecule has 0 atom stereocenters. The number of fused-ring (bicyclic) bond motifs is 3. The maximum Gasteiger partial charge on any atom is 0.301 e. The lowest BCUT2D eigenvalue weighted by Gasteiger charge is -2.07. The predicted molar refractivity (Wildman–Crippen MR) is 61.8 cm³/mol. The van der Waals surface area contributed by atoms with Crippen molar-refractivity contribution in [2.24, 2.45) is 0 Å². The van der Waals surface area contributed by atoms with Gasteiger partial charge in [-0.1, -0.05) is 11.8 Å². The highest BCUT2D eigenvalue weighted by Crippen LogP contribution is 2.24. The largest absolute Gasteiger partial charge is 0.303 e. The van der Waals surface area contributed by atoms with Gasteiger partial charge in [-0.3, -0.25) is 4.79 Å². The van der Waals surface area contributed by atoms with E-state index in [9.17, 15) is 4.79 Å². The first kappa shape index (κ1) is 9.77. The standard InChI is InChI=1S/C10H10N4OS/c1-5-6(2)12-8-7(11-5)9(15)13-10-14(8)3-4-16-10/h3-4H2,1-2H3. The van der Waals surface area contributed by atoms with Crippen LogP contribution in [-0.2, 0) is 6.54 Å². The molecule has 0 fully saturated rings. The van der Waals surface area contributed by atoms with E-state index in [0.717, 1.165) is 28.8 Å². The highest BCUT2D eigenvalue weighted by Gasteiger charge is 2.18. The fourth-order valence-electron chi connectivity index (χ4n) is 1.75. The minimum absolute atomic E-state index is 0.272. The van der Waals surface area contributed by atoms with E-state index < -0.39 is 0 Å². The quantitative estimate of drug-likeness (QED) is 0.634. The summed E-state index contributed by atoms with van der Waals surface area (Å²) in [6.07, 6.45) is 0. The molecule has 0 aromatic carbocycles. The molecule has 5 nitrogen and oxygen atoms in total. The Kier molecular flexibility index (Phi) is 2.00. The summed E-state index contributed by atoms with van der Waals surface area (Å²) in [7, 11) is 0. The van der Waals surface area contributed by atoms with Crippen molar-refractivity contribution in [1.82, 2.24) is 19.5 Å². The summed E-state index contributed by atoms with van der Waals surface area (Å²) in [5.74, 6) is 0.945. The Labute approximate surface area is 95.9 Å². The first-order valence-corrected chi connectivity index (χ1v) is 6.04. The molecule has 0 N–H and O–H groups in total. The van der Waals surface area contributed by atoms with Gasteiger partial charge in [0.2, 0.25) is 0 Å². The van der Waals surface area contributed by atoms with E-state index in [2.05, 4.69) is 15.0 Å². The predicted octanol–water partition coefficient (Wildman–Crippen LogP) is 0.909. The van der Waals surface area contributed by atoms with Gasteiger partial charge >= 0.3 is 5.56 Å². The molecule has 6 heteroatoms. The number of hydrogen-bond acceptors (Lipinski definition) is 5. The van der Waals surface area contributed by atoms with Crippen LogP contribution in [0.3, 0.4) is 0 Å². The van der Waals surface area contributed by atoms with Crippen LogP contribution in [0, 0.1) is 13.8 Å². The van der Waals surface area contributed by atoms with Crippen LogP contribution in [-0.4, -0.2) is 25.3 Å². The zero-order valence-corrected chi connectivity index (χ0v) is 9.84. The molecule has 3 heterocycles. The minimum Gasteiger partial charge on any atom is -0.303 e. The summed E-state index contributed by atoms with van der Waals surface area (Å²) in [5, 5.41) is 0.759. The van der Waals surface area contributed by atoms with E-state index >= 15 is 0 Å². The van der Waals surface area contributed by atoms with Crippen LogP contribution in [0.25, 0.3) is 11.2 Å². The van der Waals surface area contributed by atoms with Gasteiger partial charge in [-0.25, -0.2) is 9.97 Å². The summed E-state index contributed by atoms with van der Waals surface area (Å²) < 4.78 is 1.97. The number of thioether (sulfide) groups is 1. The second kappa shape index (κ2) is 3.28. The lowest BCUT2D eigenvalue weighted by Crippen LogP contribution is -2.16. The number of aryl methyl sites for hydroxylation is 3. The Morgan fingerprint density at radius 2 is 1.94 bits per heavy atom. The number of aromatic nitrogens is 4. The van der Waals surface area contributed by atoms with E-state index in [1.54, 1.807) is 11.8 Å². The molecule has 1 aliphatic heterocycles. The van der Waals surface area contributed by atoms with Crippen LogP contribution in [0.1, 0.15) is 11.4 Å². The highest BCUT2D eigenvalue weighted by atomic mass is 32.2. The molecular formula is C10H10N4OS. The van der Waals surface area contributed by atoms with Crippen LogP contribution in [0.2, 0.25) is 0 Å². The van der Waals surface area contributed by atoms with Gasteiger partial charge in [-0.05, 0) is 13.8 Å². The second-order valence-corrected chi connectivity index (χ2v) is 4.83. The second-order valence-electron chi connectivity index (χ2n) is 3.77. The third-order valence-electron chi connectivity index (χ3n) is 2.72. The average molecular weight is 234 g/mol. The fraction of sp³-hybridized carbons (Fsp3) is 0.400. The van der Waals surface area contributed by atoms with Crippen LogP contribution in [0.5, 0.6) is 0 Å². The van der Waals surface area contributed by atoms with Gasteiger partial charge in [0.1, 0.15) is 0 Å². The molecule has 1 aliphatic rings. The molecule has 0 saturated heterocycles. The van der Waals surface area contributed by atoms with E-state index in [-0.39, 0.29) is 5.56 Å². The van der Waals surface area contributed by atoms with Crippen molar-refractivity contribution in [1.29, 1.82) is 0 Å². The zero-order chi connectivity index (χ0) is 11.3. The molecule has 3 rings (SSSR count). The van der Waals surface area contributed by atoms with Crippen molar-refractivity contribution < 1.29 is 0 Å². The molecule has 0 amide bonds. The minimum atomic E-state index is -0.272. The van der Waals surface area contributed by atoms with Crippen molar-refractivity contribution in [2.75, 3.05) is 5.75 Å². The number of hydrogen-bond donors (Lipinski definition) is 0. The summed E-state index contributed by atoms with van der Waals surface area (Å²) >= 11 is 1.59. The Bertz CT molecular complexity index is 649. The maximum absolute atomic E-state index is 11.8. The van der Waals surface area contributed by atoms with E-state index in [1.165, 1.54) is 0 Å². The number of nitrogens with zero attached hydrogens (tertiary/aromatic N) is 4. The Morgan fingerprint density at radius 3 is 2.75 bits per heavy atom. The van der Waals surface area contributed by atoms with Crippen LogP contribution < -0.4 is 5.56 Å². The molecule has 0 aliphatic carbocycles. The van der Waals surface area contributed by atoms with Crippen molar-refractivity contribution >= 4 is 22.9 Å². The highest BCUT2D eigenvalue weighted by molar-refractivity contribution is 7.99. The van der Waals surface area contributed by atoms with Gasteiger partial charge in [0.25, 0.3) is 0 Å². The zero-order valence-electron chi connectivity index (χ0n) is 9.02. The maximum atomic E-state index is 11.8. The van der Waals surface area contributed by atoms with E-state index in [4.69, 9.17) is 0 Å². The van der Waals surface area contributed by atoms with Gasteiger partial charge in [0.05, 0.1) is 11.4 Å². The average Bonchev–Trinajstić information content (AvgIpc) is 2.69. The Balaban J connectivity index is 2.51. The smallest absolute Gasteiger partial charge is 0.301 e. The third kappa shape index (κ3) is 1.26. The van der Waals surface area contributed by atoms with Crippen LogP contribution in [0.15, 0.2) is 9.95 Å². The van der Waals surface area contributed by atoms with Crippen molar-refractivity contribution in [2.45, 2.75) is 25.5 Å². The van der Waals surface area contributed by atoms with Crippen molar-refractivity contribution in [3.63, 3.8) is 0 Å². The van der Waals surface area contributed by atoms with Crippen molar-refractivity contribution in [3.05, 3.63) is 21.7 Å².